The highest BCUT2D eigenvalue weighted by molar-refractivity contribution is 5.80. The molecule has 35 heavy (non-hydrogen) atoms. The van der Waals surface area contributed by atoms with Crippen LogP contribution in [0.15, 0.2) is 0 Å². The molecule has 0 aromatic carbocycles. The number of rotatable bonds is 30. The van der Waals surface area contributed by atoms with Gasteiger partial charge in [0.25, 0.3) is 0 Å². The van der Waals surface area contributed by atoms with Gasteiger partial charge in [-0.2, -0.15) is 0 Å². The van der Waals surface area contributed by atoms with Crippen LogP contribution < -0.4 is 0 Å². The Labute approximate surface area is 213 Å². The zero-order chi connectivity index (χ0) is 25.7. The Morgan fingerprint density at radius 3 is 1.14 bits per heavy atom. The van der Waals surface area contributed by atoms with Gasteiger partial charge in [0.15, 0.2) is 0 Å². The van der Waals surface area contributed by atoms with Gasteiger partial charge in [-0.1, -0.05) is 33.1 Å². The van der Waals surface area contributed by atoms with E-state index >= 15 is 0 Å². The van der Waals surface area contributed by atoms with Crippen LogP contribution in [0.25, 0.3) is 0 Å². The predicted octanol–water partition coefficient (Wildman–Crippen LogP) is 3.31. The predicted molar refractivity (Wildman–Crippen MR) is 135 cm³/mol. The fourth-order valence-electron chi connectivity index (χ4n) is 2.89. The maximum Gasteiger partial charge on any atom is 0.135 e. The van der Waals surface area contributed by atoms with Crippen molar-refractivity contribution in [1.29, 1.82) is 0 Å². The highest BCUT2D eigenvalue weighted by Gasteiger charge is 2.05. The zero-order valence-corrected chi connectivity index (χ0v) is 22.6. The molecule has 0 saturated carbocycles. The lowest BCUT2D eigenvalue weighted by atomic mass is 10.0. The third-order valence-corrected chi connectivity index (χ3v) is 5.02. The lowest BCUT2D eigenvalue weighted by molar-refractivity contribution is -0.122. The quantitative estimate of drug-likeness (QED) is 0.136. The van der Waals surface area contributed by atoms with E-state index in [-0.39, 0.29) is 5.92 Å². The molecule has 0 heterocycles. The SMILES string of the molecule is COCCOCCOCCOCCOCCOCCOCCOCCCCCCCC(=O)C(C)C. The standard InChI is InChI=1S/C26H52O9/c1-25(2)26(27)9-7-5-4-6-8-10-29-13-14-31-17-18-33-21-22-35-24-23-34-20-19-32-16-15-30-12-11-28-3/h25H,4-24H2,1-3H3. The molecule has 0 radical (unpaired) electrons. The Hall–Kier alpha value is -0.650. The Bertz CT molecular complexity index is 422. The minimum absolute atomic E-state index is 0.169. The van der Waals surface area contributed by atoms with Crippen molar-refractivity contribution >= 4 is 5.78 Å². The van der Waals surface area contributed by atoms with E-state index in [1.807, 2.05) is 13.8 Å². The minimum Gasteiger partial charge on any atom is -0.382 e. The molecule has 9 heteroatoms. The van der Waals surface area contributed by atoms with Crippen LogP contribution in [0.2, 0.25) is 0 Å². The van der Waals surface area contributed by atoms with Crippen molar-refractivity contribution < 1.29 is 42.7 Å². The lowest BCUT2D eigenvalue weighted by Gasteiger charge is -2.08. The molecule has 0 aliphatic heterocycles. The largest absolute Gasteiger partial charge is 0.382 e. The number of carbonyl (C=O) groups excluding carboxylic acids is 1. The van der Waals surface area contributed by atoms with Crippen LogP contribution in [0, 0.1) is 5.92 Å². The summed E-state index contributed by atoms with van der Waals surface area (Å²) in [4.78, 5) is 11.5. The molecule has 0 aromatic heterocycles. The van der Waals surface area contributed by atoms with Gasteiger partial charge < -0.3 is 37.9 Å². The molecule has 9 nitrogen and oxygen atoms in total. The van der Waals surface area contributed by atoms with Crippen molar-refractivity contribution in [3.63, 3.8) is 0 Å². The van der Waals surface area contributed by atoms with E-state index < -0.39 is 0 Å². The molecule has 0 atom stereocenters. The fraction of sp³-hybridized carbons (Fsp3) is 0.962. The van der Waals surface area contributed by atoms with E-state index in [9.17, 15) is 4.79 Å². The second kappa shape index (κ2) is 29.6. The maximum atomic E-state index is 11.5. The van der Waals surface area contributed by atoms with E-state index in [0.717, 1.165) is 38.7 Å². The van der Waals surface area contributed by atoms with Crippen molar-refractivity contribution in [2.45, 2.75) is 52.4 Å². The summed E-state index contributed by atoms with van der Waals surface area (Å²) in [5.41, 5.74) is 0. The minimum atomic E-state index is 0.169. The van der Waals surface area contributed by atoms with Crippen LogP contribution in [0.1, 0.15) is 52.4 Å². The summed E-state index contributed by atoms with van der Waals surface area (Å²) in [6.07, 6.45) is 6.24. The molecule has 0 spiro atoms. The molecule has 0 aromatic rings. The molecule has 0 saturated heterocycles. The number of methoxy groups -OCH3 is 1. The van der Waals surface area contributed by atoms with Gasteiger partial charge in [-0.25, -0.2) is 0 Å². The van der Waals surface area contributed by atoms with Crippen LogP contribution in [-0.2, 0) is 42.7 Å². The summed E-state index contributed by atoms with van der Waals surface area (Å²) in [7, 11) is 1.65. The third kappa shape index (κ3) is 29.5. The first-order valence-corrected chi connectivity index (χ1v) is 13.2. The van der Waals surface area contributed by atoms with E-state index in [4.69, 9.17) is 37.9 Å². The molecule has 0 amide bonds. The van der Waals surface area contributed by atoms with Gasteiger partial charge in [-0.3, -0.25) is 4.79 Å². The summed E-state index contributed by atoms with van der Waals surface area (Å²) >= 11 is 0. The Morgan fingerprint density at radius 1 is 0.457 bits per heavy atom. The topological polar surface area (TPSA) is 90.9 Å². The van der Waals surface area contributed by atoms with Crippen LogP contribution >= 0.6 is 0 Å². The first kappa shape index (κ1) is 34.4. The lowest BCUT2D eigenvalue weighted by Crippen LogP contribution is -2.14. The van der Waals surface area contributed by atoms with Crippen molar-refractivity contribution in [3.05, 3.63) is 0 Å². The van der Waals surface area contributed by atoms with E-state index in [2.05, 4.69) is 0 Å². The number of hydrogen-bond acceptors (Lipinski definition) is 9. The molecular formula is C26H52O9. The Morgan fingerprint density at radius 2 is 0.771 bits per heavy atom. The highest BCUT2D eigenvalue weighted by atomic mass is 16.6. The van der Waals surface area contributed by atoms with Gasteiger partial charge in [0.1, 0.15) is 5.78 Å². The molecule has 210 valence electrons. The summed E-state index contributed by atoms with van der Waals surface area (Å²) in [6.45, 7) is 12.6. The van der Waals surface area contributed by atoms with E-state index in [1.54, 1.807) is 7.11 Å². The van der Waals surface area contributed by atoms with Gasteiger partial charge in [0, 0.05) is 26.1 Å². The summed E-state index contributed by atoms with van der Waals surface area (Å²) in [5, 5.41) is 0. The van der Waals surface area contributed by atoms with Gasteiger partial charge in [-0.05, 0) is 12.8 Å². The number of ether oxygens (including phenoxy) is 8. The van der Waals surface area contributed by atoms with Crippen LogP contribution in [0.5, 0.6) is 0 Å². The van der Waals surface area contributed by atoms with Gasteiger partial charge >= 0.3 is 0 Å². The number of ketones is 1. The molecule has 0 N–H and O–H groups in total. The summed E-state index contributed by atoms with van der Waals surface area (Å²) < 4.78 is 43.0. The molecule has 0 unspecified atom stereocenters. The average Bonchev–Trinajstić information content (AvgIpc) is 2.85. The fourth-order valence-corrected chi connectivity index (χ4v) is 2.89. The number of hydrogen-bond donors (Lipinski definition) is 0. The monoisotopic (exact) mass is 508 g/mol. The van der Waals surface area contributed by atoms with Crippen LogP contribution in [0.4, 0.5) is 0 Å². The Kier molecular flexibility index (Phi) is 29.0. The zero-order valence-electron chi connectivity index (χ0n) is 22.6. The van der Waals surface area contributed by atoms with Crippen molar-refractivity contribution in [3.8, 4) is 0 Å². The molecular weight excluding hydrogens is 456 g/mol. The van der Waals surface area contributed by atoms with Crippen molar-refractivity contribution in [2.75, 3.05) is 106 Å². The van der Waals surface area contributed by atoms with Crippen LogP contribution in [-0.4, -0.2) is 112 Å². The third-order valence-electron chi connectivity index (χ3n) is 5.02. The highest BCUT2D eigenvalue weighted by Crippen LogP contribution is 2.08. The maximum absolute atomic E-state index is 11.5. The smallest absolute Gasteiger partial charge is 0.135 e. The first-order chi connectivity index (χ1) is 17.2. The number of carbonyl (C=O) groups is 1. The second-order valence-corrected chi connectivity index (χ2v) is 8.42. The van der Waals surface area contributed by atoms with Crippen LogP contribution in [0.3, 0.4) is 0 Å². The molecule has 0 aliphatic carbocycles. The average molecular weight is 509 g/mol. The van der Waals surface area contributed by atoms with E-state index in [0.29, 0.717) is 98.3 Å². The van der Waals surface area contributed by atoms with E-state index in [1.165, 1.54) is 6.42 Å². The van der Waals surface area contributed by atoms with Crippen molar-refractivity contribution in [1.82, 2.24) is 0 Å². The van der Waals surface area contributed by atoms with Gasteiger partial charge in [0.2, 0.25) is 0 Å². The molecule has 0 aliphatic rings. The van der Waals surface area contributed by atoms with Gasteiger partial charge in [-0.15, -0.1) is 0 Å². The summed E-state index contributed by atoms with van der Waals surface area (Å²) in [6, 6.07) is 0. The Balaban J connectivity index is 3.05. The normalized spacial score (nSPS) is 11.5. The second-order valence-electron chi connectivity index (χ2n) is 8.42. The van der Waals surface area contributed by atoms with Crippen molar-refractivity contribution in [2.24, 2.45) is 5.92 Å². The van der Waals surface area contributed by atoms with Gasteiger partial charge in [0.05, 0.1) is 92.5 Å². The molecule has 0 fully saturated rings. The number of Topliss-reactive ketones (excluding diaryl/α,β-unsaturated/α-hetero) is 1. The number of unbranched alkanes of at least 4 members (excludes halogenated alkanes) is 4. The summed E-state index contributed by atoms with van der Waals surface area (Å²) in [5.74, 6) is 0.546. The first-order valence-electron chi connectivity index (χ1n) is 13.2. The molecule has 0 bridgehead atoms. The molecule has 0 rings (SSSR count).